The predicted octanol–water partition coefficient (Wildman–Crippen LogP) is 2.17. The fourth-order valence-electron chi connectivity index (χ4n) is 4.26. The molecule has 24 heavy (non-hydrogen) atoms. The molecule has 0 spiro atoms. The van der Waals surface area contributed by atoms with Crippen molar-refractivity contribution >= 4 is 5.91 Å². The van der Waals surface area contributed by atoms with Gasteiger partial charge >= 0.3 is 0 Å². The summed E-state index contributed by atoms with van der Waals surface area (Å²) >= 11 is 0. The first-order chi connectivity index (χ1) is 11.8. The Labute approximate surface area is 141 Å². The maximum atomic E-state index is 13.0. The van der Waals surface area contributed by atoms with Crippen LogP contribution in [0.2, 0.25) is 0 Å². The predicted molar refractivity (Wildman–Crippen MR) is 90.5 cm³/mol. The second kappa shape index (κ2) is 5.45. The fraction of sp³-hybridized carbons (Fsp3) is 0.474. The third-order valence-corrected chi connectivity index (χ3v) is 5.62. The fourth-order valence-corrected chi connectivity index (χ4v) is 4.26. The molecule has 0 unspecified atom stereocenters. The van der Waals surface area contributed by atoms with Crippen LogP contribution in [0.4, 0.5) is 0 Å². The van der Waals surface area contributed by atoms with Crippen molar-refractivity contribution in [3.8, 4) is 0 Å². The zero-order valence-electron chi connectivity index (χ0n) is 13.7. The lowest BCUT2D eigenvalue weighted by Gasteiger charge is -2.38. The number of fused-ring (bicyclic) bond motifs is 3. The molecule has 0 radical (unpaired) electrons. The first-order valence-corrected chi connectivity index (χ1v) is 8.89. The number of likely N-dealkylation sites (tertiary alicyclic amines) is 1. The topological polar surface area (TPSA) is 41.4 Å². The van der Waals surface area contributed by atoms with Crippen LogP contribution in [0, 0.1) is 5.92 Å². The molecule has 5 heteroatoms. The summed E-state index contributed by atoms with van der Waals surface area (Å²) in [5.74, 6) is 1.02. The number of rotatable bonds is 4. The zero-order chi connectivity index (χ0) is 16.1. The third-order valence-electron chi connectivity index (χ3n) is 5.62. The Morgan fingerprint density at radius 2 is 1.96 bits per heavy atom. The third kappa shape index (κ3) is 2.35. The van der Waals surface area contributed by atoms with Crippen molar-refractivity contribution in [2.75, 3.05) is 19.6 Å². The maximum Gasteiger partial charge on any atom is 0.271 e. The van der Waals surface area contributed by atoms with Gasteiger partial charge in [-0.2, -0.15) is 0 Å². The molecule has 2 fully saturated rings. The monoisotopic (exact) mass is 322 g/mol. The van der Waals surface area contributed by atoms with E-state index in [1.165, 1.54) is 19.4 Å². The highest BCUT2D eigenvalue weighted by Gasteiger charge is 2.45. The Morgan fingerprint density at radius 1 is 1.08 bits per heavy atom. The molecular formula is C19H22N4O. The summed E-state index contributed by atoms with van der Waals surface area (Å²) in [4.78, 5) is 22.1. The maximum absolute atomic E-state index is 13.0. The number of aromatic nitrogens is 2. The normalized spacial score (nSPS) is 26.5. The number of hydrogen-bond donors (Lipinski definition) is 0. The van der Waals surface area contributed by atoms with Gasteiger partial charge in [0.2, 0.25) is 0 Å². The van der Waals surface area contributed by atoms with E-state index in [2.05, 4.69) is 25.5 Å². The van der Waals surface area contributed by atoms with Crippen molar-refractivity contribution in [2.24, 2.45) is 5.92 Å². The average molecular weight is 322 g/mol. The summed E-state index contributed by atoms with van der Waals surface area (Å²) in [6, 6.07) is 10.5. The van der Waals surface area contributed by atoms with E-state index < -0.39 is 0 Å². The number of nitrogens with zero attached hydrogens (tertiary/aromatic N) is 4. The first-order valence-electron chi connectivity index (χ1n) is 8.89. The number of carbonyl (C=O) groups is 1. The summed E-state index contributed by atoms with van der Waals surface area (Å²) in [6.45, 7) is 3.82. The van der Waals surface area contributed by atoms with Crippen molar-refractivity contribution in [2.45, 2.75) is 31.5 Å². The Hall–Kier alpha value is -2.14. The number of hydrogen-bond acceptors (Lipinski definition) is 3. The zero-order valence-corrected chi connectivity index (χ0v) is 13.7. The van der Waals surface area contributed by atoms with Gasteiger partial charge < -0.3 is 9.47 Å². The van der Waals surface area contributed by atoms with Gasteiger partial charge in [-0.25, -0.2) is 0 Å². The van der Waals surface area contributed by atoms with Crippen molar-refractivity contribution in [1.82, 2.24) is 19.4 Å². The lowest BCUT2D eigenvalue weighted by molar-refractivity contribution is 0.0553. The van der Waals surface area contributed by atoms with Crippen LogP contribution in [0.1, 0.15) is 35.1 Å². The molecule has 2 aliphatic heterocycles. The van der Waals surface area contributed by atoms with Crippen LogP contribution in [0.5, 0.6) is 0 Å². The molecule has 124 valence electrons. The summed E-state index contributed by atoms with van der Waals surface area (Å²) in [5, 5.41) is 0. The number of amides is 1. The van der Waals surface area contributed by atoms with Crippen molar-refractivity contribution < 1.29 is 4.79 Å². The van der Waals surface area contributed by atoms with Gasteiger partial charge in [0.1, 0.15) is 5.69 Å². The Balaban J connectivity index is 1.46. The first kappa shape index (κ1) is 14.2. The van der Waals surface area contributed by atoms with Crippen LogP contribution < -0.4 is 0 Å². The molecule has 2 aromatic heterocycles. The van der Waals surface area contributed by atoms with E-state index in [1.807, 2.05) is 30.3 Å². The minimum absolute atomic E-state index is 0.139. The quantitative estimate of drug-likeness (QED) is 0.866. The van der Waals surface area contributed by atoms with Gasteiger partial charge in [-0.05, 0) is 43.0 Å². The van der Waals surface area contributed by atoms with Crippen LogP contribution in [0.3, 0.4) is 0 Å². The van der Waals surface area contributed by atoms with E-state index in [0.29, 0.717) is 12.6 Å². The minimum atomic E-state index is 0.139. The van der Waals surface area contributed by atoms with E-state index in [9.17, 15) is 4.79 Å². The minimum Gasteiger partial charge on any atom is -0.337 e. The average Bonchev–Trinajstić information content (AvgIpc) is 3.10. The Bertz CT molecular complexity index is 752. The highest BCUT2D eigenvalue weighted by molar-refractivity contribution is 5.94. The highest BCUT2D eigenvalue weighted by Crippen LogP contribution is 2.37. The molecule has 3 aliphatic rings. The summed E-state index contributed by atoms with van der Waals surface area (Å²) in [5.41, 5.74) is 1.78. The Morgan fingerprint density at radius 3 is 2.75 bits per heavy atom. The van der Waals surface area contributed by atoms with Crippen LogP contribution in [0.15, 0.2) is 42.7 Å². The molecule has 4 heterocycles. The summed E-state index contributed by atoms with van der Waals surface area (Å²) in [7, 11) is 0. The summed E-state index contributed by atoms with van der Waals surface area (Å²) in [6.07, 6.45) is 6.62. The molecule has 1 amide bonds. The molecule has 0 N–H and O–H groups in total. The number of carbonyl (C=O) groups excluding carboxylic acids is 1. The lowest BCUT2D eigenvalue weighted by atomic mass is 10.1. The van der Waals surface area contributed by atoms with Crippen molar-refractivity contribution in [3.05, 3.63) is 54.1 Å². The second-order valence-electron chi connectivity index (χ2n) is 7.35. The molecule has 0 aromatic carbocycles. The SMILES string of the molecule is O=C1c2cccn2[C@H]2CN(CC3CC3)C[C@H]2N1Cc1ccccn1. The van der Waals surface area contributed by atoms with E-state index in [1.54, 1.807) is 6.20 Å². The highest BCUT2D eigenvalue weighted by atomic mass is 16.2. The van der Waals surface area contributed by atoms with Crippen LogP contribution in [-0.4, -0.2) is 50.9 Å². The van der Waals surface area contributed by atoms with Gasteiger partial charge in [-0.3, -0.25) is 14.7 Å². The molecule has 1 aliphatic carbocycles. The largest absolute Gasteiger partial charge is 0.337 e. The van der Waals surface area contributed by atoms with Crippen LogP contribution in [0.25, 0.3) is 0 Å². The van der Waals surface area contributed by atoms with E-state index in [4.69, 9.17) is 0 Å². The summed E-state index contributed by atoms with van der Waals surface area (Å²) < 4.78 is 2.20. The van der Waals surface area contributed by atoms with Crippen LogP contribution in [-0.2, 0) is 6.54 Å². The van der Waals surface area contributed by atoms with Crippen LogP contribution >= 0.6 is 0 Å². The molecule has 1 saturated carbocycles. The van der Waals surface area contributed by atoms with Gasteiger partial charge in [0.25, 0.3) is 5.91 Å². The van der Waals surface area contributed by atoms with Gasteiger partial charge in [-0.15, -0.1) is 0 Å². The van der Waals surface area contributed by atoms with Crippen molar-refractivity contribution in [1.29, 1.82) is 0 Å². The van der Waals surface area contributed by atoms with Gasteiger partial charge in [0, 0.05) is 32.0 Å². The molecule has 5 rings (SSSR count). The van der Waals surface area contributed by atoms with Gasteiger partial charge in [0.15, 0.2) is 0 Å². The number of pyridine rings is 1. The lowest BCUT2D eigenvalue weighted by Crippen LogP contribution is -2.49. The molecule has 2 aromatic rings. The Kier molecular flexibility index (Phi) is 3.23. The molecule has 2 atom stereocenters. The van der Waals surface area contributed by atoms with E-state index in [-0.39, 0.29) is 11.9 Å². The van der Waals surface area contributed by atoms with E-state index >= 15 is 0 Å². The molecule has 1 saturated heterocycles. The van der Waals surface area contributed by atoms with Gasteiger partial charge in [-0.1, -0.05) is 6.07 Å². The molecular weight excluding hydrogens is 300 g/mol. The second-order valence-corrected chi connectivity index (χ2v) is 7.35. The molecule has 5 nitrogen and oxygen atoms in total. The van der Waals surface area contributed by atoms with Gasteiger partial charge in [0.05, 0.1) is 24.3 Å². The van der Waals surface area contributed by atoms with Crippen molar-refractivity contribution in [3.63, 3.8) is 0 Å². The standard InChI is InChI=1S/C19H22N4O/c24-19-16-5-3-9-22(16)17-12-21(10-14-6-7-14)13-18(17)23(19)11-15-4-1-2-8-20-15/h1-5,8-9,14,17-18H,6-7,10-13H2/t17-,18+/m0/s1. The van der Waals surface area contributed by atoms with E-state index in [0.717, 1.165) is 30.4 Å². The smallest absolute Gasteiger partial charge is 0.271 e. The molecule has 0 bridgehead atoms.